The maximum atomic E-state index is 4.37. The van der Waals surface area contributed by atoms with Gasteiger partial charge in [0.1, 0.15) is 0 Å². The third-order valence-electron chi connectivity index (χ3n) is 2.49. The van der Waals surface area contributed by atoms with Crippen LogP contribution < -0.4 is 5.32 Å². The molecule has 17 heavy (non-hydrogen) atoms. The number of hydrogen-bond donors (Lipinski definition) is 1. The lowest BCUT2D eigenvalue weighted by Crippen LogP contribution is -2.25. The van der Waals surface area contributed by atoms with Crippen LogP contribution in [-0.2, 0) is 6.54 Å². The minimum absolute atomic E-state index is 0.290. The van der Waals surface area contributed by atoms with Crippen molar-refractivity contribution in [3.8, 4) is 0 Å². The number of nitrogens with zero attached hydrogens (tertiary/aromatic N) is 2. The normalized spacial score (nSPS) is 14.0. The summed E-state index contributed by atoms with van der Waals surface area (Å²) in [4.78, 5) is 0. The van der Waals surface area contributed by atoms with Gasteiger partial charge >= 0.3 is 0 Å². The summed E-state index contributed by atoms with van der Waals surface area (Å²) in [6.07, 6.45) is 1.88. The first-order chi connectivity index (χ1) is 7.89. The second kappa shape index (κ2) is 6.25. The highest BCUT2D eigenvalue weighted by Crippen LogP contribution is 2.31. The van der Waals surface area contributed by atoms with Crippen molar-refractivity contribution < 1.29 is 0 Å². The fourth-order valence-corrected chi connectivity index (χ4v) is 3.17. The Hall–Kier alpha value is -0.0000000000000000763. The lowest BCUT2D eigenvalue weighted by molar-refractivity contribution is 0.546. The Morgan fingerprint density at radius 2 is 2.18 bits per heavy atom. The van der Waals surface area contributed by atoms with Gasteiger partial charge in [-0.15, -0.1) is 0 Å². The van der Waals surface area contributed by atoms with E-state index in [-0.39, 0.29) is 0 Å². The Bertz CT molecular complexity index is 357. The Balaban J connectivity index is 2.82. The second-order valence-corrected chi connectivity index (χ2v) is 7.66. The Morgan fingerprint density at radius 1 is 1.53 bits per heavy atom. The van der Waals surface area contributed by atoms with Gasteiger partial charge in [-0.1, -0.05) is 20.8 Å². The molecule has 0 saturated carbocycles. The van der Waals surface area contributed by atoms with Crippen LogP contribution in [0.15, 0.2) is 10.7 Å². The maximum absolute atomic E-state index is 4.37. The summed E-state index contributed by atoms with van der Waals surface area (Å²) >= 11 is 5.56. The van der Waals surface area contributed by atoms with Gasteiger partial charge in [0.2, 0.25) is 0 Å². The van der Waals surface area contributed by atoms with Crippen molar-refractivity contribution in [2.75, 3.05) is 12.8 Å². The van der Waals surface area contributed by atoms with Crippen molar-refractivity contribution in [3.05, 3.63) is 16.4 Å². The molecule has 1 atom stereocenters. The zero-order valence-corrected chi connectivity index (χ0v) is 13.7. The van der Waals surface area contributed by atoms with E-state index in [1.165, 1.54) is 5.69 Å². The second-order valence-electron chi connectivity index (χ2n) is 4.96. The number of halogens is 1. The van der Waals surface area contributed by atoms with Crippen LogP contribution in [-0.4, -0.2) is 27.3 Å². The summed E-state index contributed by atoms with van der Waals surface area (Å²) in [7, 11) is 2.01. The summed E-state index contributed by atoms with van der Waals surface area (Å²) in [5, 5.41) is 7.75. The largest absolute Gasteiger partial charge is 0.311 e. The molecule has 0 aliphatic carbocycles. The van der Waals surface area contributed by atoms with Crippen molar-refractivity contribution in [1.82, 2.24) is 15.1 Å². The number of rotatable bonds is 5. The van der Waals surface area contributed by atoms with E-state index in [4.69, 9.17) is 0 Å². The summed E-state index contributed by atoms with van der Waals surface area (Å²) in [5.41, 5.74) is 1.24. The van der Waals surface area contributed by atoms with Crippen molar-refractivity contribution in [1.29, 1.82) is 0 Å². The summed E-state index contributed by atoms with van der Waals surface area (Å²) in [5.74, 6) is 1.05. The SMILES string of the molecule is CCn1ncc(Br)c1C(CSC(C)(C)C)NC. The molecule has 0 aliphatic rings. The number of aromatic nitrogens is 2. The predicted octanol–water partition coefficient (Wildman–Crippen LogP) is 3.46. The average molecular weight is 320 g/mol. The molecule has 98 valence electrons. The monoisotopic (exact) mass is 319 g/mol. The molecule has 3 nitrogen and oxygen atoms in total. The third kappa shape index (κ3) is 4.30. The number of thioether (sulfide) groups is 1. The van der Waals surface area contributed by atoms with Crippen LogP contribution in [0.5, 0.6) is 0 Å². The van der Waals surface area contributed by atoms with E-state index < -0.39 is 0 Å². The quantitative estimate of drug-likeness (QED) is 0.901. The highest BCUT2D eigenvalue weighted by atomic mass is 79.9. The Morgan fingerprint density at radius 3 is 2.65 bits per heavy atom. The molecule has 1 heterocycles. The standard InChI is InChI=1S/C12H22BrN3S/c1-6-16-11(9(13)7-15-16)10(14-5)8-17-12(2,3)4/h7,10,14H,6,8H2,1-5H3. The van der Waals surface area contributed by atoms with Gasteiger partial charge in [-0.25, -0.2) is 0 Å². The summed E-state index contributed by atoms with van der Waals surface area (Å²) in [6.45, 7) is 9.76. The molecule has 1 aromatic rings. The zero-order chi connectivity index (χ0) is 13.1. The molecule has 1 N–H and O–H groups in total. The average Bonchev–Trinajstić information content (AvgIpc) is 2.60. The van der Waals surface area contributed by atoms with E-state index >= 15 is 0 Å². The van der Waals surface area contributed by atoms with Crippen LogP contribution in [0.1, 0.15) is 39.4 Å². The van der Waals surface area contributed by atoms with Gasteiger partial charge in [-0.2, -0.15) is 16.9 Å². The number of aryl methyl sites for hydroxylation is 1. The minimum Gasteiger partial charge on any atom is -0.311 e. The lowest BCUT2D eigenvalue weighted by atomic mass is 10.2. The van der Waals surface area contributed by atoms with Crippen molar-refractivity contribution in [3.63, 3.8) is 0 Å². The summed E-state index contributed by atoms with van der Waals surface area (Å²) < 4.78 is 3.43. The molecule has 0 radical (unpaired) electrons. The first kappa shape index (κ1) is 15.1. The topological polar surface area (TPSA) is 29.9 Å². The van der Waals surface area contributed by atoms with Crippen LogP contribution in [0, 0.1) is 0 Å². The molecule has 5 heteroatoms. The van der Waals surface area contributed by atoms with Gasteiger partial charge in [0.15, 0.2) is 0 Å². The third-order valence-corrected chi connectivity index (χ3v) is 4.47. The molecule has 0 aromatic carbocycles. The van der Waals surface area contributed by atoms with Gasteiger partial charge in [-0.3, -0.25) is 4.68 Å². The van der Waals surface area contributed by atoms with Crippen LogP contribution >= 0.6 is 27.7 Å². The molecule has 0 amide bonds. The smallest absolute Gasteiger partial charge is 0.0703 e. The van der Waals surface area contributed by atoms with Gasteiger partial charge < -0.3 is 5.32 Å². The highest BCUT2D eigenvalue weighted by Gasteiger charge is 2.21. The maximum Gasteiger partial charge on any atom is 0.0703 e. The fourth-order valence-electron chi connectivity index (χ4n) is 1.60. The number of nitrogens with one attached hydrogen (secondary N) is 1. The van der Waals surface area contributed by atoms with Crippen LogP contribution in [0.4, 0.5) is 0 Å². The van der Waals surface area contributed by atoms with E-state index in [1.807, 2.05) is 25.0 Å². The van der Waals surface area contributed by atoms with Crippen LogP contribution in [0.2, 0.25) is 0 Å². The van der Waals surface area contributed by atoms with Crippen molar-refractivity contribution >= 4 is 27.7 Å². The van der Waals surface area contributed by atoms with Crippen molar-refractivity contribution in [2.45, 2.75) is 45.0 Å². The molecule has 0 spiro atoms. The van der Waals surface area contributed by atoms with E-state index in [9.17, 15) is 0 Å². The lowest BCUT2D eigenvalue weighted by Gasteiger charge is -2.23. The number of hydrogen-bond acceptors (Lipinski definition) is 3. The molecule has 0 aliphatic heterocycles. The Kier molecular flexibility index (Phi) is 5.54. The van der Waals surface area contributed by atoms with E-state index in [2.05, 4.69) is 58.7 Å². The molecular weight excluding hydrogens is 298 g/mol. The molecule has 0 bridgehead atoms. The van der Waals surface area contributed by atoms with Gasteiger partial charge in [0.05, 0.1) is 22.4 Å². The van der Waals surface area contributed by atoms with Crippen LogP contribution in [0.3, 0.4) is 0 Å². The van der Waals surface area contributed by atoms with Gasteiger partial charge in [0, 0.05) is 17.0 Å². The van der Waals surface area contributed by atoms with E-state index in [1.54, 1.807) is 0 Å². The molecule has 1 unspecified atom stereocenters. The fraction of sp³-hybridized carbons (Fsp3) is 0.750. The highest BCUT2D eigenvalue weighted by molar-refractivity contribution is 9.10. The van der Waals surface area contributed by atoms with E-state index in [0.29, 0.717) is 10.8 Å². The minimum atomic E-state index is 0.290. The Labute approximate surface area is 117 Å². The zero-order valence-electron chi connectivity index (χ0n) is 11.2. The first-order valence-electron chi connectivity index (χ1n) is 5.91. The predicted molar refractivity (Wildman–Crippen MR) is 79.6 cm³/mol. The molecule has 0 fully saturated rings. The molecule has 1 aromatic heterocycles. The van der Waals surface area contributed by atoms with Crippen LogP contribution in [0.25, 0.3) is 0 Å². The molecular formula is C12H22BrN3S. The van der Waals surface area contributed by atoms with Crippen molar-refractivity contribution in [2.24, 2.45) is 0 Å². The summed E-state index contributed by atoms with van der Waals surface area (Å²) in [6, 6.07) is 0.330. The first-order valence-corrected chi connectivity index (χ1v) is 7.69. The van der Waals surface area contributed by atoms with Gasteiger partial charge in [0.25, 0.3) is 0 Å². The van der Waals surface area contributed by atoms with Gasteiger partial charge in [-0.05, 0) is 29.9 Å². The molecule has 1 rings (SSSR count). The van der Waals surface area contributed by atoms with E-state index in [0.717, 1.165) is 16.8 Å². The molecule has 0 saturated heterocycles.